The van der Waals surface area contributed by atoms with Gasteiger partial charge in [0.15, 0.2) is 5.65 Å². The number of rotatable bonds is 5. The number of aryl methyl sites for hydroxylation is 2. The SMILES string of the molecule is CCn1c(-c2cnc(C)nc2)nc2c(-c3ccc4c(c3)[C@](C)(CC3CCO3)C(=O)N4)ncnc21. The predicted molar refractivity (Wildman–Crippen MR) is 127 cm³/mol. The normalized spacial score (nSPS) is 21.4. The molecule has 9 nitrogen and oxygen atoms in total. The van der Waals surface area contributed by atoms with Crippen molar-refractivity contribution in [3.05, 3.63) is 48.3 Å². The second-order valence-electron chi connectivity index (χ2n) is 9.13. The van der Waals surface area contributed by atoms with Crippen LogP contribution in [-0.4, -0.2) is 48.1 Å². The Morgan fingerprint density at radius 1 is 1.18 bits per heavy atom. The molecule has 0 bridgehead atoms. The summed E-state index contributed by atoms with van der Waals surface area (Å²) in [7, 11) is 0. The standard InChI is InChI=1S/C25H25N7O2/c1-4-32-22(16-11-26-14(2)27-12-16)31-21-20(28-13-29-23(21)32)15-5-6-19-18(9-15)25(3,24(33)30-19)10-17-7-8-34-17/h5-6,9,11-13,17H,4,7-8,10H2,1-3H3,(H,30,33)/t17?,25-/m0/s1. The Bertz CT molecular complexity index is 1430. The fourth-order valence-electron chi connectivity index (χ4n) is 4.92. The predicted octanol–water partition coefficient (Wildman–Crippen LogP) is 3.67. The van der Waals surface area contributed by atoms with Crippen molar-refractivity contribution in [2.75, 3.05) is 11.9 Å². The lowest BCUT2D eigenvalue weighted by molar-refractivity contribution is -0.124. The van der Waals surface area contributed by atoms with Gasteiger partial charge in [0.2, 0.25) is 5.91 Å². The summed E-state index contributed by atoms with van der Waals surface area (Å²) in [4.78, 5) is 35.7. The molecule has 1 aromatic carbocycles. The number of benzene rings is 1. The third-order valence-electron chi connectivity index (χ3n) is 6.95. The van der Waals surface area contributed by atoms with Crippen LogP contribution in [0.2, 0.25) is 0 Å². The van der Waals surface area contributed by atoms with Gasteiger partial charge >= 0.3 is 0 Å². The minimum atomic E-state index is -0.643. The van der Waals surface area contributed by atoms with Crippen molar-refractivity contribution in [1.82, 2.24) is 29.5 Å². The quantitative estimate of drug-likeness (QED) is 0.489. The Morgan fingerprint density at radius 2 is 1.97 bits per heavy atom. The van der Waals surface area contributed by atoms with E-state index in [0.717, 1.165) is 52.6 Å². The molecule has 0 aliphatic carbocycles. The van der Waals surface area contributed by atoms with E-state index in [1.165, 1.54) is 0 Å². The second-order valence-corrected chi connectivity index (χ2v) is 9.13. The zero-order chi connectivity index (χ0) is 23.4. The molecule has 1 fully saturated rings. The van der Waals surface area contributed by atoms with Gasteiger partial charge in [0.1, 0.15) is 29.2 Å². The molecule has 1 saturated heterocycles. The Morgan fingerprint density at radius 3 is 2.68 bits per heavy atom. The number of fused-ring (bicyclic) bond motifs is 2. The van der Waals surface area contributed by atoms with Gasteiger partial charge in [-0.3, -0.25) is 4.79 Å². The van der Waals surface area contributed by atoms with E-state index in [1.807, 2.05) is 30.5 Å². The van der Waals surface area contributed by atoms with Crippen LogP contribution in [0.5, 0.6) is 0 Å². The van der Waals surface area contributed by atoms with Gasteiger partial charge in [-0.2, -0.15) is 0 Å². The first-order valence-electron chi connectivity index (χ1n) is 11.6. The van der Waals surface area contributed by atoms with Crippen molar-refractivity contribution in [1.29, 1.82) is 0 Å². The molecule has 2 atom stereocenters. The summed E-state index contributed by atoms with van der Waals surface area (Å²) in [5.41, 5.74) is 5.09. The fourth-order valence-corrected chi connectivity index (χ4v) is 4.92. The van der Waals surface area contributed by atoms with Gasteiger partial charge in [-0.05, 0) is 51.3 Å². The summed E-state index contributed by atoms with van der Waals surface area (Å²) in [6.45, 7) is 7.37. The van der Waals surface area contributed by atoms with Crippen LogP contribution in [0, 0.1) is 6.92 Å². The van der Waals surface area contributed by atoms with E-state index in [-0.39, 0.29) is 12.0 Å². The highest BCUT2D eigenvalue weighted by atomic mass is 16.5. The second kappa shape index (κ2) is 7.66. The van der Waals surface area contributed by atoms with Crippen LogP contribution >= 0.6 is 0 Å². The van der Waals surface area contributed by atoms with Crippen LogP contribution in [0.15, 0.2) is 36.9 Å². The van der Waals surface area contributed by atoms with Gasteiger partial charge in [0.05, 0.1) is 17.1 Å². The van der Waals surface area contributed by atoms with E-state index in [9.17, 15) is 4.79 Å². The summed E-state index contributed by atoms with van der Waals surface area (Å²) in [6.07, 6.45) is 6.91. The number of carbonyl (C=O) groups is 1. The van der Waals surface area contributed by atoms with Gasteiger partial charge in [-0.1, -0.05) is 6.07 Å². The summed E-state index contributed by atoms with van der Waals surface area (Å²) in [5.74, 6) is 1.48. The number of nitrogens with zero attached hydrogens (tertiary/aromatic N) is 6. The molecule has 1 amide bonds. The van der Waals surface area contributed by atoms with Crippen LogP contribution in [-0.2, 0) is 21.5 Å². The van der Waals surface area contributed by atoms with Gasteiger partial charge < -0.3 is 14.6 Å². The van der Waals surface area contributed by atoms with E-state index in [1.54, 1.807) is 18.7 Å². The lowest BCUT2D eigenvalue weighted by Crippen LogP contribution is -2.39. The Hall–Kier alpha value is -3.72. The van der Waals surface area contributed by atoms with Crippen LogP contribution in [0.3, 0.4) is 0 Å². The molecule has 1 unspecified atom stereocenters. The molecule has 34 heavy (non-hydrogen) atoms. The highest BCUT2D eigenvalue weighted by molar-refractivity contribution is 6.06. The first-order valence-corrected chi connectivity index (χ1v) is 11.6. The zero-order valence-corrected chi connectivity index (χ0v) is 19.4. The molecule has 4 aromatic rings. The van der Waals surface area contributed by atoms with Crippen molar-refractivity contribution < 1.29 is 9.53 Å². The lowest BCUT2D eigenvalue weighted by Gasteiger charge is -2.33. The number of carbonyl (C=O) groups excluding carboxylic acids is 1. The molecule has 0 saturated carbocycles. The van der Waals surface area contributed by atoms with E-state index in [2.05, 4.69) is 38.2 Å². The van der Waals surface area contributed by atoms with E-state index in [0.29, 0.717) is 24.3 Å². The van der Waals surface area contributed by atoms with Crippen LogP contribution in [0.1, 0.15) is 38.1 Å². The fraction of sp³-hybridized carbons (Fsp3) is 0.360. The minimum absolute atomic E-state index is 0.0138. The van der Waals surface area contributed by atoms with Crippen molar-refractivity contribution in [2.24, 2.45) is 0 Å². The van der Waals surface area contributed by atoms with Crippen molar-refractivity contribution in [2.45, 2.75) is 51.7 Å². The molecule has 0 radical (unpaired) electrons. The summed E-state index contributed by atoms with van der Waals surface area (Å²) >= 11 is 0. The number of aromatic nitrogens is 6. The topological polar surface area (TPSA) is 108 Å². The maximum absolute atomic E-state index is 12.9. The first-order chi connectivity index (χ1) is 16.5. The van der Waals surface area contributed by atoms with E-state index < -0.39 is 5.41 Å². The highest BCUT2D eigenvalue weighted by Gasteiger charge is 2.45. The van der Waals surface area contributed by atoms with Gasteiger partial charge in [0, 0.05) is 36.8 Å². The third-order valence-corrected chi connectivity index (χ3v) is 6.95. The molecular weight excluding hydrogens is 430 g/mol. The smallest absolute Gasteiger partial charge is 0.234 e. The zero-order valence-electron chi connectivity index (χ0n) is 19.4. The lowest BCUT2D eigenvalue weighted by atomic mass is 9.77. The van der Waals surface area contributed by atoms with E-state index >= 15 is 0 Å². The van der Waals surface area contributed by atoms with Crippen LogP contribution in [0.25, 0.3) is 33.8 Å². The van der Waals surface area contributed by atoms with E-state index in [4.69, 9.17) is 9.72 Å². The number of hydrogen-bond donors (Lipinski definition) is 1. The Labute approximate surface area is 196 Å². The molecule has 5 heterocycles. The minimum Gasteiger partial charge on any atom is -0.378 e. The molecule has 2 aliphatic heterocycles. The summed E-state index contributed by atoms with van der Waals surface area (Å²) < 4.78 is 7.69. The molecule has 2 aliphatic rings. The Kier molecular flexibility index (Phi) is 4.70. The summed E-state index contributed by atoms with van der Waals surface area (Å²) in [5, 5.41) is 3.04. The monoisotopic (exact) mass is 455 g/mol. The molecule has 0 spiro atoms. The average molecular weight is 456 g/mol. The molecule has 3 aromatic heterocycles. The molecule has 1 N–H and O–H groups in total. The molecule has 9 heteroatoms. The van der Waals surface area contributed by atoms with Crippen LogP contribution in [0.4, 0.5) is 5.69 Å². The number of imidazole rings is 1. The van der Waals surface area contributed by atoms with Gasteiger partial charge in [-0.15, -0.1) is 0 Å². The Balaban J connectivity index is 1.48. The van der Waals surface area contributed by atoms with Gasteiger partial charge in [-0.25, -0.2) is 24.9 Å². The number of nitrogens with one attached hydrogen (secondary N) is 1. The van der Waals surface area contributed by atoms with Crippen LogP contribution < -0.4 is 5.32 Å². The summed E-state index contributed by atoms with van der Waals surface area (Å²) in [6, 6.07) is 5.99. The number of amides is 1. The van der Waals surface area contributed by atoms with Gasteiger partial charge in [0.25, 0.3) is 0 Å². The number of ether oxygens (including phenoxy) is 1. The van der Waals surface area contributed by atoms with Crippen molar-refractivity contribution in [3.8, 4) is 22.6 Å². The first kappa shape index (κ1) is 20.9. The average Bonchev–Trinajstić information content (AvgIpc) is 3.31. The highest BCUT2D eigenvalue weighted by Crippen LogP contribution is 2.44. The van der Waals surface area contributed by atoms with Crippen molar-refractivity contribution in [3.63, 3.8) is 0 Å². The molecule has 6 rings (SSSR count). The molecule has 172 valence electrons. The molecular formula is C25H25N7O2. The third kappa shape index (κ3) is 3.11. The number of hydrogen-bond acceptors (Lipinski definition) is 7. The number of anilines is 1. The maximum Gasteiger partial charge on any atom is 0.234 e. The van der Waals surface area contributed by atoms with Crippen molar-refractivity contribution >= 4 is 22.8 Å². The maximum atomic E-state index is 12.9. The largest absolute Gasteiger partial charge is 0.378 e.